The second-order valence-corrected chi connectivity index (χ2v) is 6.56. The summed E-state index contributed by atoms with van der Waals surface area (Å²) in [5.41, 5.74) is 2.17. The summed E-state index contributed by atoms with van der Waals surface area (Å²) in [4.78, 5) is 26.4. The van der Waals surface area contributed by atoms with Crippen molar-refractivity contribution in [3.8, 4) is 0 Å². The molecule has 1 aromatic rings. The molecule has 2 atom stereocenters. The van der Waals surface area contributed by atoms with Gasteiger partial charge in [-0.25, -0.2) is 0 Å². The summed E-state index contributed by atoms with van der Waals surface area (Å²) >= 11 is 0. The van der Waals surface area contributed by atoms with Gasteiger partial charge < -0.3 is 10.2 Å². The lowest BCUT2D eigenvalue weighted by atomic mass is 9.96. The van der Waals surface area contributed by atoms with Gasteiger partial charge >= 0.3 is 0 Å². The Morgan fingerprint density at radius 1 is 1.36 bits per heavy atom. The Kier molecular flexibility index (Phi) is 4.19. The Hall–Kier alpha value is -1.84. The summed E-state index contributed by atoms with van der Waals surface area (Å²) in [5.74, 6) is 0.299. The third-order valence-electron chi connectivity index (χ3n) is 4.79. The zero-order chi connectivity index (χ0) is 15.7. The summed E-state index contributed by atoms with van der Waals surface area (Å²) in [7, 11) is 0. The number of para-hydroxylation sites is 1. The van der Waals surface area contributed by atoms with Crippen molar-refractivity contribution in [3.05, 3.63) is 29.8 Å². The van der Waals surface area contributed by atoms with Crippen LogP contribution in [0.5, 0.6) is 0 Å². The third kappa shape index (κ3) is 3.01. The summed E-state index contributed by atoms with van der Waals surface area (Å²) in [5, 5.41) is 3.02. The number of hydrogen-bond donors (Lipinski definition) is 1. The number of carbonyl (C=O) groups excluding carboxylic acids is 2. The van der Waals surface area contributed by atoms with Gasteiger partial charge in [-0.15, -0.1) is 0 Å². The van der Waals surface area contributed by atoms with Crippen molar-refractivity contribution >= 4 is 17.5 Å². The summed E-state index contributed by atoms with van der Waals surface area (Å²) in [6.07, 6.45) is 3.51. The first-order valence-corrected chi connectivity index (χ1v) is 8.29. The Morgan fingerprint density at radius 2 is 2.09 bits per heavy atom. The van der Waals surface area contributed by atoms with E-state index in [-0.39, 0.29) is 17.7 Å². The Labute approximate surface area is 131 Å². The van der Waals surface area contributed by atoms with Gasteiger partial charge in [-0.3, -0.25) is 9.59 Å². The molecule has 118 valence electrons. The largest absolute Gasteiger partial charge is 0.353 e. The van der Waals surface area contributed by atoms with E-state index in [0.717, 1.165) is 24.9 Å². The van der Waals surface area contributed by atoms with Gasteiger partial charge in [0, 0.05) is 24.7 Å². The molecule has 0 bridgehead atoms. The predicted molar refractivity (Wildman–Crippen MR) is 86.8 cm³/mol. The lowest BCUT2D eigenvalue weighted by Crippen LogP contribution is -2.34. The van der Waals surface area contributed by atoms with E-state index in [0.29, 0.717) is 24.9 Å². The van der Waals surface area contributed by atoms with Crippen LogP contribution in [0.3, 0.4) is 0 Å². The van der Waals surface area contributed by atoms with E-state index < -0.39 is 0 Å². The van der Waals surface area contributed by atoms with E-state index in [2.05, 4.69) is 25.2 Å². The van der Waals surface area contributed by atoms with Crippen LogP contribution in [0.15, 0.2) is 24.3 Å². The van der Waals surface area contributed by atoms with Crippen LogP contribution in [0.1, 0.15) is 51.0 Å². The lowest BCUT2D eigenvalue weighted by Gasteiger charge is -2.23. The van der Waals surface area contributed by atoms with E-state index in [1.54, 1.807) is 4.90 Å². The van der Waals surface area contributed by atoms with Gasteiger partial charge in [-0.1, -0.05) is 32.0 Å². The lowest BCUT2D eigenvalue weighted by molar-refractivity contribution is -0.126. The second kappa shape index (κ2) is 6.11. The molecule has 4 nitrogen and oxygen atoms in total. The molecule has 0 unspecified atom stereocenters. The van der Waals surface area contributed by atoms with E-state index in [1.165, 1.54) is 5.56 Å². The summed E-state index contributed by atoms with van der Waals surface area (Å²) in [6.45, 7) is 4.83. The molecule has 1 heterocycles. The van der Waals surface area contributed by atoms with Gasteiger partial charge in [-0.05, 0) is 36.8 Å². The first-order valence-electron chi connectivity index (χ1n) is 8.29. The number of carbonyl (C=O) groups is 2. The first-order chi connectivity index (χ1) is 10.6. The van der Waals surface area contributed by atoms with Gasteiger partial charge in [0.1, 0.15) is 0 Å². The fraction of sp³-hybridized carbons (Fsp3) is 0.556. The van der Waals surface area contributed by atoms with Crippen LogP contribution < -0.4 is 10.2 Å². The van der Waals surface area contributed by atoms with Crippen LogP contribution in [0, 0.1) is 5.92 Å². The highest BCUT2D eigenvalue weighted by atomic mass is 16.2. The predicted octanol–water partition coefficient (Wildman–Crippen LogP) is 2.83. The van der Waals surface area contributed by atoms with Crippen LogP contribution in [-0.4, -0.2) is 24.4 Å². The van der Waals surface area contributed by atoms with Crippen LogP contribution >= 0.6 is 0 Å². The molecule has 0 aromatic heterocycles. The van der Waals surface area contributed by atoms with Crippen molar-refractivity contribution in [2.24, 2.45) is 5.92 Å². The zero-order valence-electron chi connectivity index (χ0n) is 13.3. The van der Waals surface area contributed by atoms with Crippen molar-refractivity contribution in [1.82, 2.24) is 5.32 Å². The third-order valence-corrected chi connectivity index (χ3v) is 4.79. The molecule has 22 heavy (non-hydrogen) atoms. The molecule has 0 radical (unpaired) electrons. The minimum atomic E-state index is -0.210. The maximum atomic E-state index is 12.4. The van der Waals surface area contributed by atoms with Crippen molar-refractivity contribution in [3.63, 3.8) is 0 Å². The molecule has 1 saturated carbocycles. The Balaban J connectivity index is 1.77. The fourth-order valence-electron chi connectivity index (χ4n) is 3.03. The number of anilines is 1. The standard InChI is InChI=1S/C18H24N2O2/c1-3-12(2)15-6-4-5-7-16(15)20-11-13(10-17(20)21)18(22)19-14-8-9-14/h4-7,12-14H,3,8-11H2,1-2H3,(H,19,22)/t12-,13+/m0/s1. The van der Waals surface area contributed by atoms with E-state index >= 15 is 0 Å². The average Bonchev–Trinajstić information content (AvgIpc) is 3.26. The van der Waals surface area contributed by atoms with E-state index in [1.807, 2.05) is 18.2 Å². The molecular weight excluding hydrogens is 276 g/mol. The molecule has 3 rings (SSSR count). The number of nitrogens with one attached hydrogen (secondary N) is 1. The smallest absolute Gasteiger partial charge is 0.227 e. The highest BCUT2D eigenvalue weighted by molar-refractivity contribution is 6.01. The molecule has 2 aliphatic rings. The molecule has 2 amide bonds. The Morgan fingerprint density at radius 3 is 2.77 bits per heavy atom. The summed E-state index contributed by atoms with van der Waals surface area (Å²) < 4.78 is 0. The number of nitrogens with zero attached hydrogens (tertiary/aromatic N) is 1. The molecule has 0 spiro atoms. The van der Waals surface area contributed by atoms with Gasteiger partial charge in [0.2, 0.25) is 11.8 Å². The molecule has 4 heteroatoms. The number of amides is 2. The molecule has 1 aromatic carbocycles. The molecular formula is C18H24N2O2. The maximum Gasteiger partial charge on any atom is 0.227 e. The highest BCUT2D eigenvalue weighted by Gasteiger charge is 2.37. The molecule has 2 fully saturated rings. The van der Waals surface area contributed by atoms with Crippen molar-refractivity contribution in [1.29, 1.82) is 0 Å². The fourth-order valence-corrected chi connectivity index (χ4v) is 3.03. The zero-order valence-corrected chi connectivity index (χ0v) is 13.3. The monoisotopic (exact) mass is 300 g/mol. The van der Waals surface area contributed by atoms with Crippen LogP contribution in [0.2, 0.25) is 0 Å². The van der Waals surface area contributed by atoms with Crippen LogP contribution in [0.25, 0.3) is 0 Å². The molecule has 1 N–H and O–H groups in total. The first kappa shape index (κ1) is 15.1. The summed E-state index contributed by atoms with van der Waals surface area (Å²) in [6, 6.07) is 8.42. The minimum absolute atomic E-state index is 0.0411. The SMILES string of the molecule is CC[C@H](C)c1ccccc1N1C[C@H](C(=O)NC2CC2)CC1=O. The van der Waals surface area contributed by atoms with Crippen molar-refractivity contribution in [2.45, 2.75) is 51.5 Å². The normalized spacial score (nSPS) is 22.7. The van der Waals surface area contributed by atoms with E-state index in [9.17, 15) is 9.59 Å². The van der Waals surface area contributed by atoms with Gasteiger partial charge in [0.15, 0.2) is 0 Å². The average molecular weight is 300 g/mol. The van der Waals surface area contributed by atoms with Gasteiger partial charge in [-0.2, -0.15) is 0 Å². The quantitative estimate of drug-likeness (QED) is 0.909. The van der Waals surface area contributed by atoms with Crippen molar-refractivity contribution in [2.75, 3.05) is 11.4 Å². The molecule has 1 saturated heterocycles. The van der Waals surface area contributed by atoms with Gasteiger partial charge in [0.05, 0.1) is 5.92 Å². The van der Waals surface area contributed by atoms with Crippen molar-refractivity contribution < 1.29 is 9.59 Å². The second-order valence-electron chi connectivity index (χ2n) is 6.56. The van der Waals surface area contributed by atoms with Crippen LogP contribution in [0.4, 0.5) is 5.69 Å². The molecule has 1 aliphatic carbocycles. The number of rotatable bonds is 5. The number of hydrogen-bond acceptors (Lipinski definition) is 2. The topological polar surface area (TPSA) is 49.4 Å². The highest BCUT2D eigenvalue weighted by Crippen LogP contribution is 2.33. The van der Waals surface area contributed by atoms with E-state index in [4.69, 9.17) is 0 Å². The Bertz CT molecular complexity index is 580. The molecule has 1 aliphatic heterocycles. The number of benzene rings is 1. The van der Waals surface area contributed by atoms with Gasteiger partial charge in [0.25, 0.3) is 0 Å². The van der Waals surface area contributed by atoms with Crippen LogP contribution in [-0.2, 0) is 9.59 Å². The maximum absolute atomic E-state index is 12.4. The minimum Gasteiger partial charge on any atom is -0.353 e.